The van der Waals surface area contributed by atoms with Crippen molar-refractivity contribution in [2.45, 2.75) is 39.2 Å². The van der Waals surface area contributed by atoms with Gasteiger partial charge < -0.3 is 10.4 Å². The molecule has 0 heterocycles. The molecule has 0 bridgehead atoms. The molecule has 0 aliphatic heterocycles. The highest BCUT2D eigenvalue weighted by Gasteiger charge is 2.31. The standard InChI is InChI=1S/C15H18N2O5/c1-8-5-9(2)13(17(21)22)7-11(8)14(18)16-12(15(19)20)6-10-3-4-10/h5,7,10,12H,3-4,6H2,1-2H3,(H,16,18)(H,19,20). The van der Waals surface area contributed by atoms with Gasteiger partial charge in [-0.25, -0.2) is 4.79 Å². The van der Waals surface area contributed by atoms with Crippen LogP contribution in [0.3, 0.4) is 0 Å². The molecule has 1 aromatic carbocycles. The molecular weight excluding hydrogens is 288 g/mol. The number of carboxylic acid groups (broad SMARTS) is 1. The molecule has 22 heavy (non-hydrogen) atoms. The maximum Gasteiger partial charge on any atom is 0.326 e. The Kier molecular flexibility index (Phi) is 4.44. The number of amides is 1. The minimum atomic E-state index is -1.08. The van der Waals surface area contributed by atoms with Gasteiger partial charge in [-0.15, -0.1) is 0 Å². The van der Waals surface area contributed by atoms with E-state index in [4.69, 9.17) is 0 Å². The van der Waals surface area contributed by atoms with Gasteiger partial charge in [-0.3, -0.25) is 14.9 Å². The molecule has 1 saturated carbocycles. The first kappa shape index (κ1) is 15.9. The minimum absolute atomic E-state index is 0.138. The minimum Gasteiger partial charge on any atom is -0.480 e. The number of nitro groups is 1. The van der Waals surface area contributed by atoms with E-state index in [0.29, 0.717) is 23.5 Å². The fraction of sp³-hybridized carbons (Fsp3) is 0.467. The third-order valence-electron chi connectivity index (χ3n) is 3.85. The third kappa shape index (κ3) is 3.60. The summed E-state index contributed by atoms with van der Waals surface area (Å²) in [5, 5.41) is 22.6. The zero-order valence-electron chi connectivity index (χ0n) is 12.5. The highest BCUT2D eigenvalue weighted by Crippen LogP contribution is 2.33. The summed E-state index contributed by atoms with van der Waals surface area (Å²) in [5.74, 6) is -1.33. The Morgan fingerprint density at radius 1 is 1.36 bits per heavy atom. The van der Waals surface area contributed by atoms with Crippen molar-refractivity contribution in [2.75, 3.05) is 0 Å². The summed E-state index contributed by atoms with van der Waals surface area (Å²) in [5.41, 5.74) is 1.03. The normalized spacial score (nSPS) is 15.2. The molecule has 2 N–H and O–H groups in total. The van der Waals surface area contributed by atoms with Crippen LogP contribution in [0, 0.1) is 29.9 Å². The lowest BCUT2D eigenvalue weighted by atomic mass is 10.0. The predicted octanol–water partition coefficient (Wildman–Crippen LogP) is 2.19. The third-order valence-corrected chi connectivity index (χ3v) is 3.85. The number of aliphatic carboxylic acids is 1. The largest absolute Gasteiger partial charge is 0.480 e. The average molecular weight is 306 g/mol. The summed E-state index contributed by atoms with van der Waals surface area (Å²) >= 11 is 0. The highest BCUT2D eigenvalue weighted by atomic mass is 16.6. The molecule has 1 unspecified atom stereocenters. The molecule has 7 nitrogen and oxygen atoms in total. The summed E-state index contributed by atoms with van der Waals surface area (Å²) in [4.78, 5) is 33.9. The van der Waals surface area contributed by atoms with E-state index in [0.717, 1.165) is 12.8 Å². The van der Waals surface area contributed by atoms with Crippen molar-refractivity contribution in [2.24, 2.45) is 5.92 Å². The van der Waals surface area contributed by atoms with Gasteiger partial charge >= 0.3 is 5.97 Å². The Bertz CT molecular complexity index is 637. The van der Waals surface area contributed by atoms with Gasteiger partial charge in [0.1, 0.15) is 6.04 Å². The average Bonchev–Trinajstić information content (AvgIpc) is 3.21. The molecule has 118 valence electrons. The topological polar surface area (TPSA) is 110 Å². The quantitative estimate of drug-likeness (QED) is 0.618. The van der Waals surface area contributed by atoms with Crippen LogP contribution in [-0.2, 0) is 4.79 Å². The molecular formula is C15H18N2O5. The van der Waals surface area contributed by atoms with Crippen molar-refractivity contribution in [3.63, 3.8) is 0 Å². The molecule has 0 spiro atoms. The smallest absolute Gasteiger partial charge is 0.326 e. The van der Waals surface area contributed by atoms with Gasteiger partial charge in [0.15, 0.2) is 0 Å². The van der Waals surface area contributed by atoms with Crippen molar-refractivity contribution in [3.05, 3.63) is 38.9 Å². The predicted molar refractivity (Wildman–Crippen MR) is 78.8 cm³/mol. The van der Waals surface area contributed by atoms with Crippen molar-refractivity contribution >= 4 is 17.6 Å². The second-order valence-electron chi connectivity index (χ2n) is 5.75. The molecule has 0 saturated heterocycles. The number of nitro benzene ring substituents is 1. The Hall–Kier alpha value is -2.44. The molecule has 1 aromatic rings. The van der Waals surface area contributed by atoms with Gasteiger partial charge in [0.2, 0.25) is 0 Å². The van der Waals surface area contributed by atoms with Crippen molar-refractivity contribution in [1.29, 1.82) is 0 Å². The fourth-order valence-electron chi connectivity index (χ4n) is 2.43. The molecule has 1 amide bonds. The maximum atomic E-state index is 12.3. The lowest BCUT2D eigenvalue weighted by molar-refractivity contribution is -0.385. The van der Waals surface area contributed by atoms with Crippen LogP contribution in [0.5, 0.6) is 0 Å². The number of carbonyl (C=O) groups excluding carboxylic acids is 1. The van der Waals surface area contributed by atoms with Gasteiger partial charge in [0, 0.05) is 17.2 Å². The molecule has 1 aliphatic carbocycles. The highest BCUT2D eigenvalue weighted by molar-refractivity contribution is 5.98. The monoisotopic (exact) mass is 306 g/mol. The first-order valence-electron chi connectivity index (χ1n) is 7.09. The number of rotatable bonds is 6. The van der Waals surface area contributed by atoms with Crippen LogP contribution >= 0.6 is 0 Å². The van der Waals surface area contributed by atoms with E-state index in [1.807, 2.05) is 0 Å². The second kappa shape index (κ2) is 6.13. The summed E-state index contributed by atoms with van der Waals surface area (Å²) in [6.45, 7) is 3.27. The number of carbonyl (C=O) groups is 2. The molecule has 0 aromatic heterocycles. The van der Waals surface area contributed by atoms with Gasteiger partial charge in [-0.2, -0.15) is 0 Å². The number of hydrogen-bond donors (Lipinski definition) is 2. The van der Waals surface area contributed by atoms with Crippen LogP contribution in [-0.4, -0.2) is 27.9 Å². The zero-order chi connectivity index (χ0) is 16.4. The second-order valence-corrected chi connectivity index (χ2v) is 5.75. The number of benzene rings is 1. The molecule has 1 fully saturated rings. The molecule has 1 atom stereocenters. The summed E-state index contributed by atoms with van der Waals surface area (Å²) < 4.78 is 0. The Balaban J connectivity index is 2.22. The number of aryl methyl sites for hydroxylation is 2. The van der Waals surface area contributed by atoms with Gasteiger partial charge in [-0.1, -0.05) is 12.8 Å². The van der Waals surface area contributed by atoms with Gasteiger partial charge in [0.05, 0.1) is 4.92 Å². The lowest BCUT2D eigenvalue weighted by Gasteiger charge is -2.15. The van der Waals surface area contributed by atoms with E-state index in [1.165, 1.54) is 6.07 Å². The van der Waals surface area contributed by atoms with Crippen LogP contribution in [0.25, 0.3) is 0 Å². The van der Waals surface area contributed by atoms with Crippen LogP contribution in [0.1, 0.15) is 40.7 Å². The first-order chi connectivity index (χ1) is 10.3. The Morgan fingerprint density at radius 3 is 2.50 bits per heavy atom. The summed E-state index contributed by atoms with van der Waals surface area (Å²) in [6, 6.07) is 1.81. The summed E-state index contributed by atoms with van der Waals surface area (Å²) in [6.07, 6.45) is 2.36. The van der Waals surface area contributed by atoms with E-state index < -0.39 is 22.8 Å². The van der Waals surface area contributed by atoms with Crippen LogP contribution < -0.4 is 5.32 Å². The van der Waals surface area contributed by atoms with E-state index >= 15 is 0 Å². The van der Waals surface area contributed by atoms with Crippen LogP contribution in [0.15, 0.2) is 12.1 Å². The van der Waals surface area contributed by atoms with Gasteiger partial charge in [-0.05, 0) is 37.8 Å². The lowest BCUT2D eigenvalue weighted by Crippen LogP contribution is -2.41. The zero-order valence-corrected chi connectivity index (χ0v) is 12.5. The van der Waals surface area contributed by atoms with Crippen molar-refractivity contribution in [1.82, 2.24) is 5.32 Å². The van der Waals surface area contributed by atoms with Crippen molar-refractivity contribution in [3.8, 4) is 0 Å². The van der Waals surface area contributed by atoms with Crippen LogP contribution in [0.4, 0.5) is 5.69 Å². The number of carboxylic acids is 1. The van der Waals surface area contributed by atoms with E-state index in [2.05, 4.69) is 5.32 Å². The summed E-state index contributed by atoms with van der Waals surface area (Å²) in [7, 11) is 0. The van der Waals surface area contributed by atoms with E-state index in [9.17, 15) is 24.8 Å². The number of hydrogen-bond acceptors (Lipinski definition) is 4. The molecule has 2 rings (SSSR count). The molecule has 7 heteroatoms. The first-order valence-corrected chi connectivity index (χ1v) is 7.09. The van der Waals surface area contributed by atoms with Gasteiger partial charge in [0.25, 0.3) is 11.6 Å². The molecule has 1 aliphatic rings. The van der Waals surface area contributed by atoms with Crippen molar-refractivity contribution < 1.29 is 19.6 Å². The number of nitrogens with zero attached hydrogens (tertiary/aromatic N) is 1. The van der Waals surface area contributed by atoms with E-state index in [-0.39, 0.29) is 11.3 Å². The SMILES string of the molecule is Cc1cc(C)c([N+](=O)[O-])cc1C(=O)NC(CC1CC1)C(=O)O. The molecule has 0 radical (unpaired) electrons. The number of nitrogens with one attached hydrogen (secondary N) is 1. The maximum absolute atomic E-state index is 12.3. The fourth-order valence-corrected chi connectivity index (χ4v) is 2.43. The van der Waals surface area contributed by atoms with Crippen LogP contribution in [0.2, 0.25) is 0 Å². The van der Waals surface area contributed by atoms with E-state index in [1.54, 1.807) is 19.9 Å². The Labute approximate surface area is 127 Å². The Morgan fingerprint density at radius 2 is 2.00 bits per heavy atom.